The Balaban J connectivity index is 3.28. The van der Waals surface area contributed by atoms with Crippen LogP contribution in [0.25, 0.3) is 0 Å². The first-order valence-electron chi connectivity index (χ1n) is 2.87. The summed E-state index contributed by atoms with van der Waals surface area (Å²) in [5.74, 6) is 0. The molecule has 11 heavy (non-hydrogen) atoms. The summed E-state index contributed by atoms with van der Waals surface area (Å²) in [6, 6.07) is 3.12. The summed E-state index contributed by atoms with van der Waals surface area (Å²) in [6.07, 6.45) is 1.41. The second-order valence-electron chi connectivity index (χ2n) is 2.11. The van der Waals surface area contributed by atoms with Crippen molar-refractivity contribution >= 4 is 19.7 Å². The van der Waals surface area contributed by atoms with Crippen LogP contribution < -0.4 is 0 Å². The van der Waals surface area contributed by atoms with Gasteiger partial charge in [-0.3, -0.25) is 0 Å². The maximum absolute atomic E-state index is 10.7. The minimum atomic E-state index is -3.66. The predicted octanol–water partition coefficient (Wildman–Crippen LogP) is 1.32. The van der Waals surface area contributed by atoms with Gasteiger partial charge < -0.3 is 0 Å². The highest BCUT2D eigenvalue weighted by Gasteiger charge is 2.10. The molecule has 60 valence electrons. The van der Waals surface area contributed by atoms with E-state index in [1.54, 1.807) is 13.0 Å². The van der Waals surface area contributed by atoms with Crippen LogP contribution in [0.2, 0.25) is 0 Å². The molecule has 0 bridgehead atoms. The van der Waals surface area contributed by atoms with Crippen LogP contribution in [0.3, 0.4) is 0 Å². The molecule has 0 spiro atoms. The van der Waals surface area contributed by atoms with Crippen molar-refractivity contribution in [2.45, 2.75) is 11.9 Å². The van der Waals surface area contributed by atoms with Gasteiger partial charge in [-0.1, -0.05) is 0 Å². The first-order valence-corrected chi connectivity index (χ1v) is 5.18. The van der Waals surface area contributed by atoms with Crippen LogP contribution in [-0.2, 0) is 9.05 Å². The zero-order valence-corrected chi connectivity index (χ0v) is 7.35. The molecule has 1 aromatic rings. The van der Waals surface area contributed by atoms with Crippen molar-refractivity contribution in [2.24, 2.45) is 0 Å². The summed E-state index contributed by atoms with van der Waals surface area (Å²) in [5, 5.41) is -0.0980. The van der Waals surface area contributed by atoms with Gasteiger partial charge in [0.05, 0.1) is 0 Å². The summed E-state index contributed by atoms with van der Waals surface area (Å²) < 4.78 is 21.4. The summed E-state index contributed by atoms with van der Waals surface area (Å²) in [6.45, 7) is 1.77. The van der Waals surface area contributed by atoms with Gasteiger partial charge in [0, 0.05) is 16.9 Å². The normalized spacial score (nSPS) is 11.5. The number of aryl methyl sites for hydroxylation is 1. The molecule has 0 aromatic carbocycles. The lowest BCUT2D eigenvalue weighted by Gasteiger charge is -1.94. The predicted molar refractivity (Wildman–Crippen MR) is 42.0 cm³/mol. The van der Waals surface area contributed by atoms with E-state index in [9.17, 15) is 8.42 Å². The van der Waals surface area contributed by atoms with E-state index in [0.29, 0.717) is 0 Å². The Morgan fingerprint density at radius 3 is 2.55 bits per heavy atom. The molecule has 0 aliphatic carbocycles. The summed E-state index contributed by atoms with van der Waals surface area (Å²) in [4.78, 5) is 3.59. The molecule has 0 saturated heterocycles. The molecule has 0 unspecified atom stereocenters. The molecule has 0 aliphatic rings. The van der Waals surface area contributed by atoms with E-state index in [-0.39, 0.29) is 5.03 Å². The molecular weight excluding hydrogens is 186 g/mol. The molecule has 0 amide bonds. The highest BCUT2D eigenvalue weighted by atomic mass is 35.7. The van der Waals surface area contributed by atoms with Crippen molar-refractivity contribution in [3.05, 3.63) is 23.9 Å². The second-order valence-corrected chi connectivity index (χ2v) is 4.62. The van der Waals surface area contributed by atoms with Gasteiger partial charge in [-0.25, -0.2) is 13.4 Å². The van der Waals surface area contributed by atoms with Crippen molar-refractivity contribution in [1.82, 2.24) is 4.98 Å². The van der Waals surface area contributed by atoms with Crippen molar-refractivity contribution in [3.8, 4) is 0 Å². The molecule has 1 heterocycles. The Labute approximate surface area is 69.4 Å². The zero-order chi connectivity index (χ0) is 8.48. The third-order valence-electron chi connectivity index (χ3n) is 1.14. The molecule has 0 atom stereocenters. The van der Waals surface area contributed by atoms with Crippen LogP contribution in [0.5, 0.6) is 0 Å². The van der Waals surface area contributed by atoms with E-state index in [1.807, 2.05) is 0 Å². The Morgan fingerprint density at radius 1 is 1.55 bits per heavy atom. The van der Waals surface area contributed by atoms with Gasteiger partial charge in [-0.15, -0.1) is 0 Å². The van der Waals surface area contributed by atoms with Gasteiger partial charge in [0.1, 0.15) is 0 Å². The van der Waals surface area contributed by atoms with Gasteiger partial charge in [0.2, 0.25) is 0 Å². The molecule has 0 aliphatic heterocycles. The fraction of sp³-hybridized carbons (Fsp3) is 0.167. The van der Waals surface area contributed by atoms with Crippen molar-refractivity contribution in [1.29, 1.82) is 0 Å². The topological polar surface area (TPSA) is 47.0 Å². The highest BCUT2D eigenvalue weighted by molar-refractivity contribution is 8.13. The van der Waals surface area contributed by atoms with Crippen LogP contribution in [0.15, 0.2) is 23.4 Å². The van der Waals surface area contributed by atoms with Crippen molar-refractivity contribution < 1.29 is 8.42 Å². The minimum Gasteiger partial charge on any atom is -0.244 e. The highest BCUT2D eigenvalue weighted by Crippen LogP contribution is 2.11. The van der Waals surface area contributed by atoms with Crippen LogP contribution in [0, 0.1) is 6.92 Å². The average molecular weight is 192 g/mol. The molecule has 3 nitrogen and oxygen atoms in total. The number of pyridine rings is 1. The number of rotatable bonds is 1. The Morgan fingerprint density at radius 2 is 2.18 bits per heavy atom. The van der Waals surface area contributed by atoms with Gasteiger partial charge in [-0.05, 0) is 24.6 Å². The van der Waals surface area contributed by atoms with Crippen LogP contribution in [0.4, 0.5) is 0 Å². The Kier molecular flexibility index (Phi) is 2.15. The van der Waals surface area contributed by atoms with Crippen molar-refractivity contribution in [3.63, 3.8) is 0 Å². The minimum absolute atomic E-state index is 0.0980. The molecule has 5 heteroatoms. The van der Waals surface area contributed by atoms with Crippen molar-refractivity contribution in [2.75, 3.05) is 0 Å². The van der Waals surface area contributed by atoms with Gasteiger partial charge in [-0.2, -0.15) is 0 Å². The average Bonchev–Trinajstić information content (AvgIpc) is 1.86. The summed E-state index contributed by atoms with van der Waals surface area (Å²) in [7, 11) is 1.38. The third-order valence-corrected chi connectivity index (χ3v) is 2.34. The second kappa shape index (κ2) is 2.79. The molecule has 1 rings (SSSR count). The van der Waals surface area contributed by atoms with Crippen LogP contribution in [0.1, 0.15) is 5.56 Å². The van der Waals surface area contributed by atoms with Gasteiger partial charge in [0.15, 0.2) is 5.03 Å². The Bertz CT molecular complexity index is 361. The first-order chi connectivity index (χ1) is 5.00. The maximum atomic E-state index is 10.7. The van der Waals surface area contributed by atoms with Crippen LogP contribution >= 0.6 is 10.7 Å². The standard InChI is InChI=1S/C6H6ClNO2S/c1-5-2-3-8-6(4-5)11(7,9)10/h2-4H,1H3. The molecular formula is C6H6ClNO2S. The van der Waals surface area contributed by atoms with E-state index < -0.39 is 9.05 Å². The monoisotopic (exact) mass is 191 g/mol. The fourth-order valence-electron chi connectivity index (χ4n) is 0.642. The van der Waals surface area contributed by atoms with E-state index in [1.165, 1.54) is 12.3 Å². The number of hydrogen-bond donors (Lipinski definition) is 0. The lowest BCUT2D eigenvalue weighted by Crippen LogP contribution is -1.94. The zero-order valence-electron chi connectivity index (χ0n) is 5.78. The quantitative estimate of drug-likeness (QED) is 0.629. The largest absolute Gasteiger partial charge is 0.278 e. The van der Waals surface area contributed by atoms with E-state index in [2.05, 4.69) is 4.98 Å². The number of nitrogens with zero attached hydrogens (tertiary/aromatic N) is 1. The van der Waals surface area contributed by atoms with Gasteiger partial charge >= 0.3 is 0 Å². The van der Waals surface area contributed by atoms with Gasteiger partial charge in [0.25, 0.3) is 9.05 Å². The van der Waals surface area contributed by atoms with E-state index in [4.69, 9.17) is 10.7 Å². The smallest absolute Gasteiger partial charge is 0.244 e. The maximum Gasteiger partial charge on any atom is 0.278 e. The number of aromatic nitrogens is 1. The van der Waals surface area contributed by atoms with E-state index in [0.717, 1.165) is 5.56 Å². The molecule has 0 N–H and O–H groups in total. The van der Waals surface area contributed by atoms with Crippen LogP contribution in [-0.4, -0.2) is 13.4 Å². The molecule has 0 radical (unpaired) electrons. The SMILES string of the molecule is Cc1ccnc(S(=O)(=O)Cl)c1. The fourth-order valence-corrected chi connectivity index (χ4v) is 1.41. The van der Waals surface area contributed by atoms with E-state index >= 15 is 0 Å². The Hall–Kier alpha value is -0.610. The summed E-state index contributed by atoms with van der Waals surface area (Å²) >= 11 is 0. The third kappa shape index (κ3) is 2.17. The summed E-state index contributed by atoms with van der Waals surface area (Å²) in [5.41, 5.74) is 0.819. The molecule has 0 fully saturated rings. The molecule has 0 saturated carbocycles. The number of hydrogen-bond acceptors (Lipinski definition) is 3. The lowest BCUT2D eigenvalue weighted by molar-refractivity contribution is 0.606. The number of halogens is 1. The molecule has 1 aromatic heterocycles. The first kappa shape index (κ1) is 8.49. The lowest BCUT2D eigenvalue weighted by atomic mass is 10.3.